The number of aryl methyl sites for hydroxylation is 2. The third-order valence-corrected chi connectivity index (χ3v) is 2.28. The monoisotopic (exact) mass is 237 g/mol. The summed E-state index contributed by atoms with van der Waals surface area (Å²) in [6, 6.07) is 3.42. The fraction of sp³-hybridized carbons (Fsp3) is 0.273. The lowest BCUT2D eigenvalue weighted by molar-refractivity contribution is 0.251. The highest BCUT2D eigenvalue weighted by Crippen LogP contribution is 2.16. The molecule has 0 aliphatic heterocycles. The quantitative estimate of drug-likeness (QED) is 0.625. The van der Waals surface area contributed by atoms with Gasteiger partial charge in [-0.05, 0) is 31.5 Å². The second-order valence-corrected chi connectivity index (χ2v) is 3.83. The summed E-state index contributed by atoms with van der Waals surface area (Å²) >= 11 is 4.11. The molecule has 0 aliphatic rings. The molecular formula is C11H15N3OS. The average Bonchev–Trinajstić information content (AvgIpc) is 2.23. The zero-order valence-electron chi connectivity index (χ0n) is 9.40. The maximum atomic E-state index is 11.6. The highest BCUT2D eigenvalue weighted by molar-refractivity contribution is 7.82. The van der Waals surface area contributed by atoms with Crippen molar-refractivity contribution >= 4 is 24.7 Å². The molecule has 1 rings (SSSR count). The summed E-state index contributed by atoms with van der Waals surface area (Å²) in [6.07, 6.45) is 1.61. The number of carbonyl (C=O) groups excluding carboxylic acids is 1. The van der Waals surface area contributed by atoms with Crippen molar-refractivity contribution in [2.24, 2.45) is 0 Å². The molecule has 0 atom stereocenters. The van der Waals surface area contributed by atoms with E-state index in [1.54, 1.807) is 12.1 Å². The highest BCUT2D eigenvalue weighted by atomic mass is 32.1. The molecule has 0 unspecified atom stereocenters. The van der Waals surface area contributed by atoms with Crippen molar-refractivity contribution in [3.05, 3.63) is 36.0 Å². The van der Waals surface area contributed by atoms with Crippen LogP contribution in [0.4, 0.5) is 10.6 Å². The summed E-state index contributed by atoms with van der Waals surface area (Å²) in [4.78, 5) is 15.8. The molecule has 0 bridgehead atoms. The maximum absolute atomic E-state index is 11.6. The molecule has 0 fully saturated rings. The predicted octanol–water partition coefficient (Wildman–Crippen LogP) is 2.25. The van der Waals surface area contributed by atoms with Gasteiger partial charge in [-0.15, -0.1) is 6.58 Å². The van der Waals surface area contributed by atoms with E-state index in [2.05, 4.69) is 29.7 Å². The van der Waals surface area contributed by atoms with E-state index in [9.17, 15) is 4.79 Å². The molecular weight excluding hydrogens is 222 g/mol. The molecule has 0 spiro atoms. The van der Waals surface area contributed by atoms with Crippen LogP contribution in [0.1, 0.15) is 11.3 Å². The number of hydrogen-bond donors (Lipinski definition) is 2. The van der Waals surface area contributed by atoms with Crippen molar-refractivity contribution in [3.8, 4) is 0 Å². The first-order valence-corrected chi connectivity index (χ1v) is 5.27. The Hall–Kier alpha value is -1.49. The molecule has 0 aromatic carbocycles. The number of carbonyl (C=O) groups is 1. The Bertz CT molecular complexity index is 386. The summed E-state index contributed by atoms with van der Waals surface area (Å²) in [5.41, 5.74) is 1.89. The molecule has 86 valence electrons. The summed E-state index contributed by atoms with van der Waals surface area (Å²) < 4.78 is 1.18. The molecule has 4 nitrogen and oxygen atoms in total. The van der Waals surface area contributed by atoms with E-state index in [0.29, 0.717) is 12.4 Å². The van der Waals surface area contributed by atoms with Crippen LogP contribution in [0.3, 0.4) is 0 Å². The van der Waals surface area contributed by atoms with Gasteiger partial charge in [0.25, 0.3) is 0 Å². The van der Waals surface area contributed by atoms with E-state index < -0.39 is 0 Å². The molecule has 16 heavy (non-hydrogen) atoms. The number of thiol groups is 1. The van der Waals surface area contributed by atoms with Gasteiger partial charge in [-0.2, -0.15) is 0 Å². The van der Waals surface area contributed by atoms with Gasteiger partial charge in [0.2, 0.25) is 0 Å². The van der Waals surface area contributed by atoms with Crippen molar-refractivity contribution in [1.29, 1.82) is 0 Å². The summed E-state index contributed by atoms with van der Waals surface area (Å²) in [5, 5.41) is 2.62. The molecule has 2 amide bonds. The Kier molecular flexibility index (Phi) is 4.37. The predicted molar refractivity (Wildman–Crippen MR) is 68.8 cm³/mol. The van der Waals surface area contributed by atoms with Gasteiger partial charge in [0.1, 0.15) is 5.82 Å². The third kappa shape index (κ3) is 3.27. The number of rotatable bonds is 3. The fourth-order valence-electron chi connectivity index (χ4n) is 1.27. The summed E-state index contributed by atoms with van der Waals surface area (Å²) in [5.74, 6) is 0.516. The van der Waals surface area contributed by atoms with E-state index >= 15 is 0 Å². The minimum atomic E-state index is -0.319. The van der Waals surface area contributed by atoms with Gasteiger partial charge in [0.15, 0.2) is 0 Å². The van der Waals surface area contributed by atoms with Crippen molar-refractivity contribution in [2.75, 3.05) is 10.8 Å². The van der Waals surface area contributed by atoms with Gasteiger partial charge < -0.3 is 5.32 Å². The summed E-state index contributed by atoms with van der Waals surface area (Å²) in [7, 11) is 0. The first-order chi connectivity index (χ1) is 7.54. The number of pyridine rings is 1. The summed E-state index contributed by atoms with van der Waals surface area (Å²) in [6.45, 7) is 7.74. The smallest absolute Gasteiger partial charge is 0.333 e. The zero-order valence-corrected chi connectivity index (χ0v) is 10.3. The standard InChI is InChI=1S/C11H15N3OS/c1-4-5-12-11(15)14(16)10-7-8(2)6-9(3)13-10/h4,6-7,16H,1,5H2,2-3H3,(H,12,15). The molecule has 1 N–H and O–H groups in total. The lowest BCUT2D eigenvalue weighted by Crippen LogP contribution is -2.34. The molecule has 0 saturated carbocycles. The molecule has 0 aliphatic carbocycles. The maximum Gasteiger partial charge on any atom is 0.333 e. The van der Waals surface area contributed by atoms with E-state index in [4.69, 9.17) is 0 Å². The van der Waals surface area contributed by atoms with Gasteiger partial charge in [-0.25, -0.2) is 14.1 Å². The van der Waals surface area contributed by atoms with Gasteiger partial charge in [0.05, 0.1) is 0 Å². The number of amides is 2. The van der Waals surface area contributed by atoms with Crippen LogP contribution < -0.4 is 9.62 Å². The van der Waals surface area contributed by atoms with Crippen LogP contribution in [0.15, 0.2) is 24.8 Å². The Labute approximate surface area is 101 Å². The number of hydrogen-bond acceptors (Lipinski definition) is 3. The van der Waals surface area contributed by atoms with Crippen LogP contribution in [0.25, 0.3) is 0 Å². The zero-order chi connectivity index (χ0) is 12.1. The molecule has 1 aromatic rings. The highest BCUT2D eigenvalue weighted by Gasteiger charge is 2.12. The van der Waals surface area contributed by atoms with Crippen LogP contribution in [0.5, 0.6) is 0 Å². The first-order valence-electron chi connectivity index (χ1n) is 4.87. The van der Waals surface area contributed by atoms with Crippen LogP contribution in [0.2, 0.25) is 0 Å². The lowest BCUT2D eigenvalue weighted by atomic mass is 10.2. The lowest BCUT2D eigenvalue weighted by Gasteiger charge is -2.15. The first kappa shape index (κ1) is 12.6. The second-order valence-electron chi connectivity index (χ2n) is 3.43. The average molecular weight is 237 g/mol. The van der Waals surface area contributed by atoms with Gasteiger partial charge in [0, 0.05) is 12.2 Å². The molecule has 0 saturated heterocycles. The van der Waals surface area contributed by atoms with Crippen LogP contribution >= 0.6 is 12.8 Å². The normalized spacial score (nSPS) is 9.69. The second kappa shape index (κ2) is 5.55. The van der Waals surface area contributed by atoms with Crippen molar-refractivity contribution in [3.63, 3.8) is 0 Å². The number of nitrogens with zero attached hydrogens (tertiary/aromatic N) is 2. The number of anilines is 1. The minimum absolute atomic E-state index is 0.319. The van der Waals surface area contributed by atoms with Gasteiger partial charge in [-0.1, -0.05) is 18.9 Å². The molecule has 0 radical (unpaired) electrons. The third-order valence-electron chi connectivity index (χ3n) is 1.89. The van der Waals surface area contributed by atoms with Crippen molar-refractivity contribution < 1.29 is 4.79 Å². The molecule has 5 heteroatoms. The fourth-order valence-corrected chi connectivity index (χ4v) is 1.44. The Balaban J connectivity index is 2.82. The largest absolute Gasteiger partial charge is 0.333 e. The van der Waals surface area contributed by atoms with Crippen LogP contribution in [-0.2, 0) is 0 Å². The van der Waals surface area contributed by atoms with Crippen molar-refractivity contribution in [1.82, 2.24) is 10.3 Å². The van der Waals surface area contributed by atoms with Crippen LogP contribution in [-0.4, -0.2) is 17.6 Å². The van der Waals surface area contributed by atoms with Crippen molar-refractivity contribution in [2.45, 2.75) is 13.8 Å². The number of aromatic nitrogens is 1. The Morgan fingerprint density at radius 1 is 1.62 bits per heavy atom. The van der Waals surface area contributed by atoms with E-state index in [1.165, 1.54) is 4.31 Å². The Morgan fingerprint density at radius 2 is 2.31 bits per heavy atom. The van der Waals surface area contributed by atoms with Gasteiger partial charge >= 0.3 is 6.03 Å². The SMILES string of the molecule is C=CCNC(=O)N(S)c1cc(C)cc(C)n1. The number of urea groups is 1. The Morgan fingerprint density at radius 3 is 2.88 bits per heavy atom. The topological polar surface area (TPSA) is 45.2 Å². The minimum Gasteiger partial charge on any atom is -0.333 e. The molecule has 1 heterocycles. The van der Waals surface area contributed by atoms with Gasteiger partial charge in [-0.3, -0.25) is 0 Å². The van der Waals surface area contributed by atoms with E-state index in [0.717, 1.165) is 11.3 Å². The van der Waals surface area contributed by atoms with E-state index in [1.807, 2.05) is 19.9 Å². The van der Waals surface area contributed by atoms with Crippen LogP contribution in [0, 0.1) is 13.8 Å². The number of nitrogens with one attached hydrogen (secondary N) is 1. The molecule has 1 aromatic heterocycles. The van der Waals surface area contributed by atoms with E-state index in [-0.39, 0.29) is 6.03 Å².